The number of nitrogens with two attached hydrogens (primary N) is 1. The molecule has 0 bridgehead atoms. The lowest BCUT2D eigenvalue weighted by molar-refractivity contribution is 0.242. The minimum absolute atomic E-state index is 0.0533. The van der Waals surface area contributed by atoms with E-state index in [-0.39, 0.29) is 6.10 Å². The van der Waals surface area contributed by atoms with Crippen LogP contribution >= 0.6 is 0 Å². The van der Waals surface area contributed by atoms with E-state index >= 15 is 0 Å². The summed E-state index contributed by atoms with van der Waals surface area (Å²) in [7, 11) is 0. The Morgan fingerprint density at radius 2 is 2.03 bits per heavy atom. The van der Waals surface area contributed by atoms with Gasteiger partial charge >= 0.3 is 0 Å². The van der Waals surface area contributed by atoms with Crippen molar-refractivity contribution >= 4 is 17.2 Å². The molecular formula is C22H27N7O. The van der Waals surface area contributed by atoms with Crippen molar-refractivity contribution in [3.8, 4) is 5.75 Å². The van der Waals surface area contributed by atoms with E-state index in [1.54, 1.807) is 12.3 Å². The monoisotopic (exact) mass is 405 g/mol. The van der Waals surface area contributed by atoms with Crippen LogP contribution in [0.3, 0.4) is 0 Å². The number of benzene rings is 1. The quantitative estimate of drug-likeness (QED) is 0.482. The molecule has 2 aromatic heterocycles. The number of ether oxygens (including phenoxy) is 1. The summed E-state index contributed by atoms with van der Waals surface area (Å²) >= 11 is 0. The van der Waals surface area contributed by atoms with Crippen molar-refractivity contribution in [3.05, 3.63) is 59.3 Å². The summed E-state index contributed by atoms with van der Waals surface area (Å²) in [6.45, 7) is 8.33. The van der Waals surface area contributed by atoms with E-state index in [9.17, 15) is 0 Å². The molecule has 1 aliphatic rings. The van der Waals surface area contributed by atoms with Gasteiger partial charge in [-0.25, -0.2) is 4.98 Å². The lowest BCUT2D eigenvalue weighted by Gasteiger charge is -2.29. The average Bonchev–Trinajstić information content (AvgIpc) is 3.16. The number of hydrogen-bond acceptors (Lipinski definition) is 7. The van der Waals surface area contributed by atoms with Gasteiger partial charge in [0.2, 0.25) is 0 Å². The third-order valence-electron chi connectivity index (χ3n) is 5.17. The number of nitrogens with one attached hydrogen (secondary N) is 1. The molecule has 3 heterocycles. The van der Waals surface area contributed by atoms with Crippen LogP contribution in [0.2, 0.25) is 0 Å². The molecule has 0 atom stereocenters. The van der Waals surface area contributed by atoms with Crippen LogP contribution in [-0.4, -0.2) is 38.1 Å². The largest absolute Gasteiger partial charge is 0.491 e. The van der Waals surface area contributed by atoms with Crippen molar-refractivity contribution in [1.29, 1.82) is 5.41 Å². The normalized spacial score (nSPS) is 13.4. The first-order valence-corrected chi connectivity index (χ1v) is 10.2. The third-order valence-corrected chi connectivity index (χ3v) is 5.17. The SMILES string of the molecule is CCc1nnc2n1CCN(c1cc(C(=N)c3cc(OC(C)C)ccc3N)ccn1)C2. The predicted molar refractivity (Wildman–Crippen MR) is 117 cm³/mol. The van der Waals surface area contributed by atoms with E-state index < -0.39 is 0 Å². The summed E-state index contributed by atoms with van der Waals surface area (Å²) in [5.41, 5.74) is 8.47. The smallest absolute Gasteiger partial charge is 0.152 e. The number of anilines is 2. The molecule has 0 aliphatic carbocycles. The van der Waals surface area contributed by atoms with Crippen molar-refractivity contribution in [2.75, 3.05) is 17.2 Å². The Bertz CT molecular complexity index is 1070. The van der Waals surface area contributed by atoms with E-state index in [0.717, 1.165) is 42.5 Å². The van der Waals surface area contributed by atoms with Crippen molar-refractivity contribution in [2.45, 2.75) is 46.4 Å². The van der Waals surface area contributed by atoms with Crippen LogP contribution in [0.5, 0.6) is 5.75 Å². The molecule has 1 aromatic carbocycles. The molecule has 8 nitrogen and oxygen atoms in total. The van der Waals surface area contributed by atoms with E-state index in [0.29, 0.717) is 29.3 Å². The fourth-order valence-electron chi connectivity index (χ4n) is 3.67. The molecule has 0 unspecified atom stereocenters. The van der Waals surface area contributed by atoms with E-state index in [1.165, 1.54) is 0 Å². The van der Waals surface area contributed by atoms with Crippen LogP contribution in [0.1, 0.15) is 43.5 Å². The third kappa shape index (κ3) is 3.85. The van der Waals surface area contributed by atoms with Crippen LogP contribution < -0.4 is 15.4 Å². The molecule has 3 N–H and O–H groups in total. The number of nitrogen functional groups attached to an aromatic ring is 1. The van der Waals surface area contributed by atoms with Crippen molar-refractivity contribution in [3.63, 3.8) is 0 Å². The van der Waals surface area contributed by atoms with E-state index in [1.807, 2.05) is 38.1 Å². The Labute approximate surface area is 176 Å². The molecule has 0 spiro atoms. The zero-order chi connectivity index (χ0) is 21.3. The first-order valence-electron chi connectivity index (χ1n) is 10.2. The van der Waals surface area contributed by atoms with Gasteiger partial charge in [-0.3, -0.25) is 5.41 Å². The predicted octanol–water partition coefficient (Wildman–Crippen LogP) is 3.04. The highest BCUT2D eigenvalue weighted by atomic mass is 16.5. The van der Waals surface area contributed by atoms with Gasteiger partial charge in [-0.05, 0) is 44.2 Å². The maximum atomic E-state index is 8.74. The number of nitrogens with zero attached hydrogens (tertiary/aromatic N) is 5. The fourth-order valence-corrected chi connectivity index (χ4v) is 3.67. The fraction of sp³-hybridized carbons (Fsp3) is 0.364. The Morgan fingerprint density at radius 1 is 1.20 bits per heavy atom. The standard InChI is InChI=1S/C22H27N7O/c1-4-19-26-27-21-13-28(9-10-29(19)21)20-11-15(7-8-25-20)22(24)17-12-16(30-14(2)3)5-6-18(17)23/h5-8,11-12,14,24H,4,9-10,13,23H2,1-3H3. The second-order valence-corrected chi connectivity index (χ2v) is 7.65. The summed E-state index contributed by atoms with van der Waals surface area (Å²) < 4.78 is 7.96. The first-order chi connectivity index (χ1) is 14.5. The highest BCUT2D eigenvalue weighted by Crippen LogP contribution is 2.25. The van der Waals surface area contributed by atoms with E-state index in [2.05, 4.69) is 31.6 Å². The van der Waals surface area contributed by atoms with Gasteiger partial charge in [-0.1, -0.05) is 6.92 Å². The van der Waals surface area contributed by atoms with Gasteiger partial charge in [0.15, 0.2) is 5.82 Å². The molecular weight excluding hydrogens is 378 g/mol. The molecule has 156 valence electrons. The minimum Gasteiger partial charge on any atom is -0.491 e. The molecule has 30 heavy (non-hydrogen) atoms. The molecule has 0 fully saturated rings. The molecule has 0 saturated carbocycles. The van der Waals surface area contributed by atoms with Crippen molar-refractivity contribution in [1.82, 2.24) is 19.7 Å². The van der Waals surface area contributed by atoms with Gasteiger partial charge < -0.3 is 19.9 Å². The Hall–Kier alpha value is -3.42. The van der Waals surface area contributed by atoms with Crippen LogP contribution in [-0.2, 0) is 19.5 Å². The van der Waals surface area contributed by atoms with Gasteiger partial charge in [-0.2, -0.15) is 0 Å². The average molecular weight is 406 g/mol. The summed E-state index contributed by atoms with van der Waals surface area (Å²) in [6, 6.07) is 9.21. The van der Waals surface area contributed by atoms with Crippen molar-refractivity contribution in [2.24, 2.45) is 0 Å². The maximum absolute atomic E-state index is 8.74. The summed E-state index contributed by atoms with van der Waals surface area (Å²) in [5, 5.41) is 17.3. The van der Waals surface area contributed by atoms with Gasteiger partial charge in [0, 0.05) is 42.5 Å². The van der Waals surface area contributed by atoms with Crippen molar-refractivity contribution < 1.29 is 4.74 Å². The van der Waals surface area contributed by atoms with Crippen LogP contribution in [0, 0.1) is 5.41 Å². The Balaban J connectivity index is 1.59. The van der Waals surface area contributed by atoms with E-state index in [4.69, 9.17) is 15.9 Å². The Morgan fingerprint density at radius 3 is 2.80 bits per heavy atom. The number of hydrogen-bond donors (Lipinski definition) is 2. The van der Waals surface area contributed by atoms with Gasteiger partial charge in [0.05, 0.1) is 18.4 Å². The summed E-state index contributed by atoms with van der Waals surface area (Å²) in [4.78, 5) is 6.70. The molecule has 4 rings (SSSR count). The minimum atomic E-state index is 0.0533. The molecule has 0 amide bonds. The van der Waals surface area contributed by atoms with Crippen LogP contribution in [0.4, 0.5) is 11.5 Å². The second-order valence-electron chi connectivity index (χ2n) is 7.65. The molecule has 3 aromatic rings. The molecule has 0 saturated heterocycles. The maximum Gasteiger partial charge on any atom is 0.152 e. The number of aryl methyl sites for hydroxylation is 1. The lowest BCUT2D eigenvalue weighted by atomic mass is 10.0. The summed E-state index contributed by atoms with van der Waals surface area (Å²) in [6.07, 6.45) is 2.66. The van der Waals surface area contributed by atoms with Crippen LogP contribution in [0.15, 0.2) is 36.5 Å². The zero-order valence-electron chi connectivity index (χ0n) is 17.6. The molecule has 1 aliphatic heterocycles. The van der Waals surface area contributed by atoms with Gasteiger partial charge in [0.25, 0.3) is 0 Å². The molecule has 8 heteroatoms. The van der Waals surface area contributed by atoms with Gasteiger partial charge in [0.1, 0.15) is 17.4 Å². The number of rotatable bonds is 6. The zero-order valence-corrected chi connectivity index (χ0v) is 17.6. The first kappa shape index (κ1) is 19.9. The lowest BCUT2D eigenvalue weighted by Crippen LogP contribution is -2.35. The summed E-state index contributed by atoms with van der Waals surface area (Å²) in [5.74, 6) is 3.49. The number of aromatic nitrogens is 4. The highest BCUT2D eigenvalue weighted by molar-refractivity contribution is 6.14. The molecule has 0 radical (unpaired) electrons. The highest BCUT2D eigenvalue weighted by Gasteiger charge is 2.22. The van der Waals surface area contributed by atoms with Crippen LogP contribution in [0.25, 0.3) is 0 Å². The topological polar surface area (TPSA) is 106 Å². The number of pyridine rings is 1. The second kappa shape index (κ2) is 8.14. The van der Waals surface area contributed by atoms with Gasteiger partial charge in [-0.15, -0.1) is 10.2 Å². The Kier molecular flexibility index (Phi) is 5.39. The number of fused-ring (bicyclic) bond motifs is 1.